The molecule has 0 aliphatic rings. The van der Waals surface area contributed by atoms with Crippen LogP contribution in [0.1, 0.15) is 21.5 Å². The van der Waals surface area contributed by atoms with Gasteiger partial charge in [0.2, 0.25) is 0 Å². The number of hydrogen-bond donors (Lipinski definition) is 2. The molecule has 4 aromatic rings. The van der Waals surface area contributed by atoms with Crippen molar-refractivity contribution in [2.75, 3.05) is 12.4 Å². The van der Waals surface area contributed by atoms with Gasteiger partial charge in [-0.25, -0.2) is 4.79 Å². The van der Waals surface area contributed by atoms with Gasteiger partial charge in [0.1, 0.15) is 0 Å². The number of esters is 1. The molecule has 1 unspecified atom stereocenters. The first kappa shape index (κ1) is 20.7. The molecular formula is C23H17Cl2NO3S. The molecule has 0 aliphatic heterocycles. The zero-order valence-electron chi connectivity index (χ0n) is 15.9. The summed E-state index contributed by atoms with van der Waals surface area (Å²) in [6.07, 6.45) is -1.02. The number of aliphatic hydroxyl groups is 1. The van der Waals surface area contributed by atoms with Crippen LogP contribution in [-0.2, 0) is 4.74 Å². The van der Waals surface area contributed by atoms with Crippen LogP contribution < -0.4 is 5.32 Å². The Hall–Kier alpha value is -2.57. The Kier molecular flexibility index (Phi) is 5.97. The predicted octanol–water partition coefficient (Wildman–Crippen LogP) is 6.76. The molecule has 2 N–H and O–H groups in total. The van der Waals surface area contributed by atoms with Gasteiger partial charge < -0.3 is 15.2 Å². The molecule has 152 valence electrons. The van der Waals surface area contributed by atoms with Crippen LogP contribution in [0.4, 0.5) is 5.69 Å². The van der Waals surface area contributed by atoms with Crippen molar-refractivity contribution in [3.63, 3.8) is 0 Å². The predicted molar refractivity (Wildman–Crippen MR) is 124 cm³/mol. The molecule has 1 heterocycles. The summed E-state index contributed by atoms with van der Waals surface area (Å²) in [7, 11) is 1.34. The summed E-state index contributed by atoms with van der Waals surface area (Å²) in [6, 6.07) is 20.1. The molecule has 4 rings (SSSR count). The highest BCUT2D eigenvalue weighted by Gasteiger charge is 2.19. The van der Waals surface area contributed by atoms with Crippen molar-refractivity contribution in [2.24, 2.45) is 0 Å². The highest BCUT2D eigenvalue weighted by Crippen LogP contribution is 2.40. The van der Waals surface area contributed by atoms with E-state index in [4.69, 9.17) is 27.9 Å². The molecular weight excluding hydrogens is 441 g/mol. The summed E-state index contributed by atoms with van der Waals surface area (Å²) >= 11 is 14.0. The van der Waals surface area contributed by atoms with Crippen molar-refractivity contribution in [1.29, 1.82) is 0 Å². The largest absolute Gasteiger partial charge is 0.465 e. The van der Waals surface area contributed by atoms with Crippen LogP contribution in [0.2, 0.25) is 10.0 Å². The molecule has 0 aliphatic carbocycles. The van der Waals surface area contributed by atoms with Gasteiger partial charge in [-0.1, -0.05) is 53.5 Å². The summed E-state index contributed by atoms with van der Waals surface area (Å²) < 4.78 is 5.84. The van der Waals surface area contributed by atoms with E-state index in [1.807, 2.05) is 36.4 Å². The van der Waals surface area contributed by atoms with Crippen molar-refractivity contribution >= 4 is 56.3 Å². The summed E-state index contributed by atoms with van der Waals surface area (Å²) in [5, 5.41) is 16.1. The summed E-state index contributed by atoms with van der Waals surface area (Å²) in [6.45, 7) is 0. The third-order valence-corrected chi connectivity index (χ3v) is 6.69. The van der Waals surface area contributed by atoms with Gasteiger partial charge in [0.15, 0.2) is 6.23 Å². The van der Waals surface area contributed by atoms with Gasteiger partial charge in [-0.15, -0.1) is 11.3 Å². The Morgan fingerprint density at radius 1 is 1.07 bits per heavy atom. The zero-order valence-corrected chi connectivity index (χ0v) is 18.2. The van der Waals surface area contributed by atoms with Gasteiger partial charge in [0.25, 0.3) is 0 Å². The van der Waals surface area contributed by atoms with Crippen LogP contribution >= 0.6 is 34.5 Å². The van der Waals surface area contributed by atoms with Crippen LogP contribution in [-0.4, -0.2) is 18.2 Å². The van der Waals surface area contributed by atoms with Crippen molar-refractivity contribution < 1.29 is 14.6 Å². The minimum absolute atomic E-state index is 0.405. The average Bonchev–Trinajstić information content (AvgIpc) is 3.11. The van der Waals surface area contributed by atoms with E-state index in [9.17, 15) is 9.90 Å². The molecule has 7 heteroatoms. The second-order valence-corrected chi connectivity index (χ2v) is 8.48. The molecule has 0 spiro atoms. The summed E-state index contributed by atoms with van der Waals surface area (Å²) in [5.74, 6) is -0.440. The average molecular weight is 458 g/mol. The number of hydrogen-bond acceptors (Lipinski definition) is 5. The van der Waals surface area contributed by atoms with Crippen molar-refractivity contribution in [2.45, 2.75) is 6.23 Å². The highest BCUT2D eigenvalue weighted by molar-refractivity contribution is 7.19. The molecule has 1 atom stereocenters. The lowest BCUT2D eigenvalue weighted by molar-refractivity contribution is 0.0601. The number of benzene rings is 3. The molecule has 1 aromatic heterocycles. The minimum Gasteiger partial charge on any atom is -0.465 e. The smallest absolute Gasteiger partial charge is 0.337 e. The first-order valence-corrected chi connectivity index (χ1v) is 10.6. The van der Waals surface area contributed by atoms with E-state index in [1.165, 1.54) is 18.4 Å². The van der Waals surface area contributed by atoms with E-state index in [1.54, 1.807) is 30.3 Å². The summed E-state index contributed by atoms with van der Waals surface area (Å²) in [4.78, 5) is 12.6. The van der Waals surface area contributed by atoms with E-state index in [0.717, 1.165) is 21.2 Å². The molecule has 0 fully saturated rings. The van der Waals surface area contributed by atoms with E-state index < -0.39 is 12.2 Å². The number of ether oxygens (including phenoxy) is 1. The number of halogens is 2. The van der Waals surface area contributed by atoms with E-state index in [0.29, 0.717) is 26.2 Å². The SMILES string of the molecule is COC(=O)c1ccc(NC(O)c2sc3ccccc3c2Cl)c(-c2ccc(Cl)cc2)c1. The third kappa shape index (κ3) is 4.02. The molecule has 0 saturated heterocycles. The Labute approximate surface area is 187 Å². The molecule has 4 nitrogen and oxygen atoms in total. The molecule has 0 radical (unpaired) electrons. The third-order valence-electron chi connectivity index (χ3n) is 4.70. The first-order chi connectivity index (χ1) is 14.5. The second-order valence-electron chi connectivity index (χ2n) is 6.58. The molecule has 3 aromatic carbocycles. The number of rotatable bonds is 5. The zero-order chi connectivity index (χ0) is 21.3. The number of nitrogens with one attached hydrogen (secondary N) is 1. The number of anilines is 1. The standard InChI is InChI=1S/C23H17Cl2NO3S/c1-29-23(28)14-8-11-18(17(12-14)13-6-9-15(24)10-7-13)26-22(27)21-20(25)16-4-2-3-5-19(16)30-21/h2-12,22,26-27H,1H3. The fourth-order valence-electron chi connectivity index (χ4n) is 3.20. The molecule has 0 amide bonds. The number of aliphatic hydroxyl groups excluding tert-OH is 1. The van der Waals surface area contributed by atoms with Gasteiger partial charge in [0.05, 0.1) is 22.6 Å². The van der Waals surface area contributed by atoms with Gasteiger partial charge >= 0.3 is 5.97 Å². The van der Waals surface area contributed by atoms with Crippen LogP contribution in [0.15, 0.2) is 66.7 Å². The van der Waals surface area contributed by atoms with Gasteiger partial charge in [-0.3, -0.25) is 0 Å². The fraction of sp³-hybridized carbons (Fsp3) is 0.0870. The normalized spacial score (nSPS) is 12.0. The maximum atomic E-state index is 12.0. The fourth-order valence-corrected chi connectivity index (χ4v) is 4.80. The van der Waals surface area contributed by atoms with Crippen molar-refractivity contribution in [1.82, 2.24) is 0 Å². The quantitative estimate of drug-likeness (QED) is 0.256. The lowest BCUT2D eigenvalue weighted by Gasteiger charge is -2.18. The topological polar surface area (TPSA) is 58.6 Å². The lowest BCUT2D eigenvalue weighted by Crippen LogP contribution is -2.10. The van der Waals surface area contributed by atoms with Crippen molar-refractivity contribution in [3.8, 4) is 11.1 Å². The Balaban J connectivity index is 1.74. The number of thiophene rings is 1. The highest BCUT2D eigenvalue weighted by atomic mass is 35.5. The number of fused-ring (bicyclic) bond motifs is 1. The maximum Gasteiger partial charge on any atom is 0.337 e. The minimum atomic E-state index is -1.02. The summed E-state index contributed by atoms with van der Waals surface area (Å²) in [5.41, 5.74) is 2.61. The lowest BCUT2D eigenvalue weighted by atomic mass is 10.0. The van der Waals surface area contributed by atoms with Crippen LogP contribution in [0.25, 0.3) is 21.2 Å². The van der Waals surface area contributed by atoms with Gasteiger partial charge in [0, 0.05) is 26.4 Å². The Morgan fingerprint density at radius 2 is 1.80 bits per heavy atom. The molecule has 30 heavy (non-hydrogen) atoms. The Morgan fingerprint density at radius 3 is 2.50 bits per heavy atom. The first-order valence-electron chi connectivity index (χ1n) is 9.08. The number of carbonyl (C=O) groups is 1. The van der Waals surface area contributed by atoms with Crippen molar-refractivity contribution in [3.05, 3.63) is 87.2 Å². The maximum absolute atomic E-state index is 12.0. The van der Waals surface area contributed by atoms with Crippen LogP contribution in [0, 0.1) is 0 Å². The second kappa shape index (κ2) is 8.66. The van der Waals surface area contributed by atoms with E-state index in [-0.39, 0.29) is 0 Å². The van der Waals surface area contributed by atoms with E-state index in [2.05, 4.69) is 5.32 Å². The Bertz CT molecular complexity index is 1220. The van der Waals surface area contributed by atoms with Crippen LogP contribution in [0.5, 0.6) is 0 Å². The molecule has 0 bridgehead atoms. The molecule has 0 saturated carbocycles. The van der Waals surface area contributed by atoms with Crippen LogP contribution in [0.3, 0.4) is 0 Å². The number of carbonyl (C=O) groups excluding carboxylic acids is 1. The monoisotopic (exact) mass is 457 g/mol. The van der Waals surface area contributed by atoms with Gasteiger partial charge in [-0.2, -0.15) is 0 Å². The van der Waals surface area contributed by atoms with Gasteiger partial charge in [-0.05, 0) is 42.0 Å². The number of methoxy groups -OCH3 is 1. The van der Waals surface area contributed by atoms with E-state index >= 15 is 0 Å².